The van der Waals surface area contributed by atoms with E-state index in [9.17, 15) is 4.79 Å². The summed E-state index contributed by atoms with van der Waals surface area (Å²) in [4.78, 5) is 25.9. The Kier molecular flexibility index (Phi) is 7.15. The summed E-state index contributed by atoms with van der Waals surface area (Å²) < 4.78 is 0. The van der Waals surface area contributed by atoms with E-state index in [1.807, 2.05) is 70.9 Å². The first-order valence-electron chi connectivity index (χ1n) is 11.1. The molecule has 1 amide bonds. The van der Waals surface area contributed by atoms with E-state index in [-0.39, 0.29) is 5.91 Å². The van der Waals surface area contributed by atoms with Crippen LogP contribution in [0.2, 0.25) is 0 Å². The Bertz CT molecular complexity index is 1260. The van der Waals surface area contributed by atoms with Crippen LogP contribution in [0, 0.1) is 0 Å². The predicted octanol–water partition coefficient (Wildman–Crippen LogP) is 3.31. The van der Waals surface area contributed by atoms with E-state index in [1.54, 1.807) is 6.20 Å². The Balaban J connectivity index is 1.50. The number of amides is 1. The highest BCUT2D eigenvalue weighted by Crippen LogP contribution is 2.26. The SMILES string of the molecule is CN(C)CCNc1ccc(NC(=O)c2n[nH]c3ccc(-c4cncc(CN(C)C)c4)cc23)cn1. The lowest BCUT2D eigenvalue weighted by Crippen LogP contribution is -2.21. The number of fused-ring (bicyclic) bond motifs is 1. The summed E-state index contributed by atoms with van der Waals surface area (Å²) in [5.74, 6) is 0.470. The highest BCUT2D eigenvalue weighted by Gasteiger charge is 2.16. The zero-order valence-corrected chi connectivity index (χ0v) is 20.0. The molecule has 3 heterocycles. The minimum absolute atomic E-state index is 0.294. The molecular weight excluding hydrogens is 428 g/mol. The van der Waals surface area contributed by atoms with Crippen molar-refractivity contribution >= 4 is 28.3 Å². The summed E-state index contributed by atoms with van der Waals surface area (Å²) in [7, 11) is 8.10. The van der Waals surface area contributed by atoms with Crippen molar-refractivity contribution in [2.24, 2.45) is 0 Å². The average molecular weight is 459 g/mol. The van der Waals surface area contributed by atoms with Crippen LogP contribution in [0.15, 0.2) is 55.0 Å². The Hall–Kier alpha value is -3.82. The number of aromatic amines is 1. The van der Waals surface area contributed by atoms with Gasteiger partial charge in [0.05, 0.1) is 17.4 Å². The number of likely N-dealkylation sites (N-methyl/N-ethyl adjacent to an activating group) is 1. The number of benzene rings is 1. The number of carbonyl (C=O) groups is 1. The molecule has 3 N–H and O–H groups in total. The van der Waals surface area contributed by atoms with E-state index < -0.39 is 0 Å². The Morgan fingerprint density at radius 2 is 1.82 bits per heavy atom. The third kappa shape index (κ3) is 5.75. The van der Waals surface area contributed by atoms with Gasteiger partial charge in [0.2, 0.25) is 0 Å². The maximum absolute atomic E-state index is 13.0. The number of rotatable bonds is 9. The number of carbonyl (C=O) groups excluding carboxylic acids is 1. The van der Waals surface area contributed by atoms with Crippen LogP contribution in [0.4, 0.5) is 11.5 Å². The molecule has 1 aromatic carbocycles. The summed E-state index contributed by atoms with van der Waals surface area (Å²) in [5, 5.41) is 14.1. The smallest absolute Gasteiger partial charge is 0.276 e. The molecule has 0 fully saturated rings. The van der Waals surface area contributed by atoms with Crippen molar-refractivity contribution < 1.29 is 4.79 Å². The fourth-order valence-electron chi connectivity index (χ4n) is 3.63. The molecule has 9 nitrogen and oxygen atoms in total. The van der Waals surface area contributed by atoms with Crippen molar-refractivity contribution in [1.29, 1.82) is 0 Å². The van der Waals surface area contributed by atoms with Crippen molar-refractivity contribution in [3.63, 3.8) is 0 Å². The predicted molar refractivity (Wildman–Crippen MR) is 136 cm³/mol. The first-order chi connectivity index (χ1) is 16.4. The monoisotopic (exact) mass is 458 g/mol. The Morgan fingerprint density at radius 1 is 0.971 bits per heavy atom. The minimum atomic E-state index is -0.294. The van der Waals surface area contributed by atoms with Crippen molar-refractivity contribution in [3.05, 3.63) is 66.2 Å². The van der Waals surface area contributed by atoms with Gasteiger partial charge in [-0.05, 0) is 69.6 Å². The third-order valence-corrected chi connectivity index (χ3v) is 5.29. The molecule has 4 rings (SSSR count). The molecule has 176 valence electrons. The van der Waals surface area contributed by atoms with Crippen molar-refractivity contribution in [3.8, 4) is 11.1 Å². The van der Waals surface area contributed by atoms with E-state index in [4.69, 9.17) is 0 Å². The maximum Gasteiger partial charge on any atom is 0.276 e. The molecule has 0 aliphatic carbocycles. The van der Waals surface area contributed by atoms with Gasteiger partial charge < -0.3 is 20.4 Å². The summed E-state index contributed by atoms with van der Waals surface area (Å²) in [5.41, 5.74) is 4.84. The van der Waals surface area contributed by atoms with Crippen LogP contribution < -0.4 is 10.6 Å². The number of hydrogen-bond acceptors (Lipinski definition) is 7. The molecule has 0 saturated heterocycles. The second-order valence-corrected chi connectivity index (χ2v) is 8.77. The second-order valence-electron chi connectivity index (χ2n) is 8.77. The number of H-pyrrole nitrogens is 1. The van der Waals surface area contributed by atoms with Crippen LogP contribution in [0.3, 0.4) is 0 Å². The van der Waals surface area contributed by atoms with Crippen LogP contribution >= 0.6 is 0 Å². The molecule has 3 aromatic heterocycles. The van der Waals surface area contributed by atoms with Crippen LogP contribution in [-0.2, 0) is 6.54 Å². The fourth-order valence-corrected chi connectivity index (χ4v) is 3.63. The number of pyridine rings is 2. The van der Waals surface area contributed by atoms with Gasteiger partial charge in [0.1, 0.15) is 5.82 Å². The van der Waals surface area contributed by atoms with Crippen LogP contribution in [-0.4, -0.2) is 77.2 Å². The molecule has 0 radical (unpaired) electrons. The van der Waals surface area contributed by atoms with E-state index in [0.717, 1.165) is 53.0 Å². The molecule has 0 saturated carbocycles. The van der Waals surface area contributed by atoms with Gasteiger partial charge in [0.25, 0.3) is 5.91 Å². The zero-order valence-electron chi connectivity index (χ0n) is 20.0. The lowest BCUT2D eigenvalue weighted by atomic mass is 10.0. The molecule has 0 aliphatic heterocycles. The van der Waals surface area contributed by atoms with Gasteiger partial charge in [-0.3, -0.25) is 14.9 Å². The third-order valence-electron chi connectivity index (χ3n) is 5.29. The number of hydrogen-bond donors (Lipinski definition) is 3. The first-order valence-corrected chi connectivity index (χ1v) is 11.1. The Labute approximate surface area is 199 Å². The molecule has 0 unspecified atom stereocenters. The summed E-state index contributed by atoms with van der Waals surface area (Å²) in [6.07, 6.45) is 5.34. The van der Waals surface area contributed by atoms with Gasteiger partial charge in [-0.25, -0.2) is 4.98 Å². The van der Waals surface area contributed by atoms with Gasteiger partial charge in [-0.15, -0.1) is 0 Å². The van der Waals surface area contributed by atoms with Crippen molar-refractivity contribution in [2.45, 2.75) is 6.54 Å². The normalized spacial score (nSPS) is 11.4. The summed E-state index contributed by atoms with van der Waals surface area (Å²) in [6, 6.07) is 11.7. The van der Waals surface area contributed by atoms with E-state index in [2.05, 4.69) is 46.7 Å². The van der Waals surface area contributed by atoms with Crippen molar-refractivity contribution in [1.82, 2.24) is 30.0 Å². The van der Waals surface area contributed by atoms with Gasteiger partial charge in [0, 0.05) is 43.0 Å². The van der Waals surface area contributed by atoms with E-state index in [0.29, 0.717) is 11.4 Å². The quantitative estimate of drug-likeness (QED) is 0.354. The number of nitrogens with zero attached hydrogens (tertiary/aromatic N) is 5. The fraction of sp³-hybridized carbons (Fsp3) is 0.280. The molecule has 4 aromatic rings. The van der Waals surface area contributed by atoms with E-state index in [1.165, 1.54) is 0 Å². The number of anilines is 2. The highest BCUT2D eigenvalue weighted by atomic mass is 16.1. The van der Waals surface area contributed by atoms with E-state index >= 15 is 0 Å². The summed E-state index contributed by atoms with van der Waals surface area (Å²) in [6.45, 7) is 2.51. The van der Waals surface area contributed by atoms with Crippen molar-refractivity contribution in [2.75, 3.05) is 51.9 Å². The Morgan fingerprint density at radius 3 is 2.56 bits per heavy atom. The molecule has 9 heteroatoms. The van der Waals surface area contributed by atoms with Gasteiger partial charge in [-0.1, -0.05) is 6.07 Å². The second kappa shape index (κ2) is 10.4. The van der Waals surface area contributed by atoms with Gasteiger partial charge in [-0.2, -0.15) is 5.10 Å². The van der Waals surface area contributed by atoms with Crippen LogP contribution in [0.1, 0.15) is 16.1 Å². The number of nitrogens with one attached hydrogen (secondary N) is 3. The summed E-state index contributed by atoms with van der Waals surface area (Å²) >= 11 is 0. The largest absolute Gasteiger partial charge is 0.369 e. The first kappa shape index (κ1) is 23.3. The maximum atomic E-state index is 13.0. The zero-order chi connectivity index (χ0) is 24.1. The van der Waals surface area contributed by atoms with Gasteiger partial charge in [0.15, 0.2) is 5.69 Å². The lowest BCUT2D eigenvalue weighted by Gasteiger charge is -2.11. The molecule has 0 spiro atoms. The molecule has 0 aliphatic rings. The lowest BCUT2D eigenvalue weighted by molar-refractivity contribution is 0.102. The standard InChI is InChI=1S/C25H30N8O/c1-32(2)10-9-27-23-8-6-20(15-28-23)29-25(34)24-21-12-18(5-7-22(21)30-31-24)19-11-17(13-26-14-19)16-33(3)4/h5-8,11-15H,9-10,16H2,1-4H3,(H,27,28)(H,29,34)(H,30,31). The van der Waals surface area contributed by atoms with Crippen LogP contribution in [0.25, 0.3) is 22.0 Å². The molecule has 0 bridgehead atoms. The van der Waals surface area contributed by atoms with Gasteiger partial charge >= 0.3 is 0 Å². The molecule has 34 heavy (non-hydrogen) atoms. The average Bonchev–Trinajstić information content (AvgIpc) is 3.23. The minimum Gasteiger partial charge on any atom is -0.369 e. The van der Waals surface area contributed by atoms with Crippen LogP contribution in [0.5, 0.6) is 0 Å². The molecular formula is C25H30N8O. The molecule has 0 atom stereocenters. The highest BCUT2D eigenvalue weighted by molar-refractivity contribution is 6.11. The topological polar surface area (TPSA) is 102 Å². The number of aromatic nitrogens is 4.